The summed E-state index contributed by atoms with van der Waals surface area (Å²) in [6.07, 6.45) is 1.11. The van der Waals surface area contributed by atoms with Crippen LogP contribution in [-0.2, 0) is 24.4 Å². The first kappa shape index (κ1) is 20.3. The molecule has 10 nitrogen and oxygen atoms in total. The summed E-state index contributed by atoms with van der Waals surface area (Å²) in [7, 11) is 0. The van der Waals surface area contributed by atoms with Gasteiger partial charge in [-0.15, -0.1) is 5.10 Å². The van der Waals surface area contributed by atoms with E-state index in [1.165, 1.54) is 6.33 Å². The largest absolute Gasteiger partial charge is 0.337 e. The zero-order chi connectivity index (χ0) is 22.1. The molecule has 1 fully saturated rings. The molecule has 2 amide bonds. The maximum atomic E-state index is 13.0. The Kier molecular flexibility index (Phi) is 5.39. The van der Waals surface area contributed by atoms with Crippen molar-refractivity contribution < 1.29 is 14.0 Å². The van der Waals surface area contributed by atoms with Gasteiger partial charge in [0.25, 0.3) is 5.91 Å². The number of anilines is 1. The van der Waals surface area contributed by atoms with Gasteiger partial charge in [-0.1, -0.05) is 30.3 Å². The predicted molar refractivity (Wildman–Crippen MR) is 112 cm³/mol. The van der Waals surface area contributed by atoms with Crippen molar-refractivity contribution in [3.63, 3.8) is 0 Å². The van der Waals surface area contributed by atoms with Crippen LogP contribution in [0.3, 0.4) is 0 Å². The Balaban J connectivity index is 1.18. The summed E-state index contributed by atoms with van der Waals surface area (Å²) in [4.78, 5) is 31.3. The lowest BCUT2D eigenvalue weighted by Gasteiger charge is -2.33. The third-order valence-electron chi connectivity index (χ3n) is 5.56. The highest BCUT2D eigenvalue weighted by Crippen LogP contribution is 2.20. The molecule has 0 spiro atoms. The molecule has 32 heavy (non-hydrogen) atoms. The van der Waals surface area contributed by atoms with Crippen molar-refractivity contribution in [1.29, 1.82) is 0 Å². The van der Waals surface area contributed by atoms with Crippen LogP contribution in [0.5, 0.6) is 0 Å². The van der Waals surface area contributed by atoms with Gasteiger partial charge in [0.2, 0.25) is 11.7 Å². The van der Waals surface area contributed by atoms with Crippen LogP contribution in [-0.4, -0.2) is 66.6 Å². The van der Waals surface area contributed by atoms with Gasteiger partial charge in [-0.05, 0) is 12.0 Å². The Labute approximate surface area is 183 Å². The van der Waals surface area contributed by atoms with E-state index in [0.717, 1.165) is 11.3 Å². The van der Waals surface area contributed by atoms with E-state index in [9.17, 15) is 14.0 Å². The van der Waals surface area contributed by atoms with Crippen LogP contribution in [0.4, 0.5) is 10.2 Å². The minimum Gasteiger partial charge on any atom is -0.337 e. The van der Waals surface area contributed by atoms with Gasteiger partial charge < -0.3 is 10.6 Å². The third kappa shape index (κ3) is 4.37. The van der Waals surface area contributed by atoms with E-state index in [0.29, 0.717) is 45.0 Å². The maximum absolute atomic E-state index is 13.0. The van der Waals surface area contributed by atoms with Gasteiger partial charge >= 0.3 is 0 Å². The number of likely N-dealkylation sites (tertiary alicyclic amines) is 1. The second-order valence-electron chi connectivity index (χ2n) is 8.09. The van der Waals surface area contributed by atoms with Gasteiger partial charge in [0, 0.05) is 32.2 Å². The molecule has 4 heterocycles. The topological polar surface area (TPSA) is 110 Å². The normalized spacial score (nSPS) is 19.0. The number of hydrogen-bond donors (Lipinski definition) is 2. The Morgan fingerprint density at radius 3 is 2.78 bits per heavy atom. The lowest BCUT2D eigenvalue weighted by molar-refractivity contribution is -0.118. The summed E-state index contributed by atoms with van der Waals surface area (Å²) in [6, 6.07) is 10.8. The van der Waals surface area contributed by atoms with Crippen molar-refractivity contribution in [3.8, 4) is 0 Å². The number of benzene rings is 1. The monoisotopic (exact) mass is 438 g/mol. The summed E-state index contributed by atoms with van der Waals surface area (Å²) in [5, 5.41) is 14.3. The van der Waals surface area contributed by atoms with Crippen molar-refractivity contribution >= 4 is 17.6 Å². The van der Waals surface area contributed by atoms with Crippen molar-refractivity contribution in [3.05, 3.63) is 59.8 Å². The van der Waals surface area contributed by atoms with Crippen molar-refractivity contribution in [2.24, 2.45) is 0 Å². The van der Waals surface area contributed by atoms with Crippen LogP contribution in [0.25, 0.3) is 0 Å². The first-order valence-corrected chi connectivity index (χ1v) is 10.5. The maximum Gasteiger partial charge on any atom is 0.291 e. The molecule has 166 valence electrons. The number of amides is 2. The number of aryl methyl sites for hydroxylation is 1. The summed E-state index contributed by atoms with van der Waals surface area (Å²) in [6.45, 7) is 2.34. The molecule has 11 heteroatoms. The summed E-state index contributed by atoms with van der Waals surface area (Å²) in [5.74, 6) is -0.237. The Morgan fingerprint density at radius 2 is 2.00 bits per heavy atom. The van der Waals surface area contributed by atoms with E-state index in [1.54, 1.807) is 15.4 Å². The molecule has 0 aliphatic carbocycles. The summed E-state index contributed by atoms with van der Waals surface area (Å²) >= 11 is 0. The Morgan fingerprint density at radius 1 is 1.19 bits per heavy atom. The molecule has 2 aliphatic rings. The van der Waals surface area contributed by atoms with Gasteiger partial charge in [0.05, 0.1) is 12.2 Å². The SMILES string of the molecule is O=C(N[C@H]1CCn2nc(CN3CC(F)C3)cc2NC1=O)c1ncn(Cc2ccccc2)n1. The second kappa shape index (κ2) is 8.50. The van der Waals surface area contributed by atoms with Crippen LogP contribution in [0, 0.1) is 0 Å². The number of nitrogens with zero attached hydrogens (tertiary/aromatic N) is 6. The predicted octanol–water partition coefficient (Wildman–Crippen LogP) is 0.817. The fraction of sp³-hybridized carbons (Fsp3) is 0.381. The molecular weight excluding hydrogens is 415 g/mol. The standard InChI is InChI=1S/C21H23FN8O2/c22-15-10-28(11-15)12-16-8-18-25-20(31)17(6-7-30(18)26-16)24-21(32)19-23-13-29(27-19)9-14-4-2-1-3-5-14/h1-5,8,13,15,17H,6-7,9-12H2,(H,24,32)(H,25,31)/t17-/m0/s1. The molecule has 1 aromatic carbocycles. The van der Waals surface area contributed by atoms with Crippen LogP contribution in [0.1, 0.15) is 28.3 Å². The first-order valence-electron chi connectivity index (χ1n) is 10.5. The molecule has 0 saturated carbocycles. The summed E-state index contributed by atoms with van der Waals surface area (Å²) < 4.78 is 16.3. The van der Waals surface area contributed by atoms with Gasteiger partial charge in [-0.25, -0.2) is 18.7 Å². The molecule has 2 aliphatic heterocycles. The zero-order valence-electron chi connectivity index (χ0n) is 17.3. The number of alkyl halides is 1. The average molecular weight is 438 g/mol. The van der Waals surface area contributed by atoms with E-state index >= 15 is 0 Å². The van der Waals surface area contributed by atoms with E-state index < -0.39 is 18.1 Å². The molecule has 1 atom stereocenters. The fourth-order valence-electron chi connectivity index (χ4n) is 3.89. The first-order chi connectivity index (χ1) is 15.5. The Bertz CT molecular complexity index is 1120. The molecule has 0 radical (unpaired) electrons. The smallest absolute Gasteiger partial charge is 0.291 e. The molecule has 3 aromatic rings. The quantitative estimate of drug-likeness (QED) is 0.590. The van der Waals surface area contributed by atoms with E-state index in [1.807, 2.05) is 35.2 Å². The van der Waals surface area contributed by atoms with E-state index in [4.69, 9.17) is 0 Å². The number of aromatic nitrogens is 5. The number of halogens is 1. The van der Waals surface area contributed by atoms with Crippen LogP contribution in [0.2, 0.25) is 0 Å². The average Bonchev–Trinajstić information content (AvgIpc) is 3.34. The molecule has 0 bridgehead atoms. The van der Waals surface area contributed by atoms with Gasteiger partial charge in [0.1, 0.15) is 24.4 Å². The lowest BCUT2D eigenvalue weighted by atomic mass is 10.2. The molecule has 0 unspecified atom stereocenters. The number of nitrogens with one attached hydrogen (secondary N) is 2. The molecule has 5 rings (SSSR count). The highest BCUT2D eigenvalue weighted by Gasteiger charge is 2.30. The number of rotatable bonds is 6. The lowest BCUT2D eigenvalue weighted by Crippen LogP contribution is -2.47. The molecule has 2 N–H and O–H groups in total. The number of hydrogen-bond acceptors (Lipinski definition) is 6. The molecule has 1 saturated heterocycles. The minimum atomic E-state index is -0.765. The van der Waals surface area contributed by atoms with Crippen LogP contribution < -0.4 is 10.6 Å². The summed E-state index contributed by atoms with van der Waals surface area (Å²) in [5.41, 5.74) is 1.82. The van der Waals surface area contributed by atoms with Crippen molar-refractivity contribution in [2.45, 2.75) is 38.3 Å². The molecular formula is C21H23FN8O2. The minimum absolute atomic E-state index is 0.0127. The number of carbonyl (C=O) groups is 2. The van der Waals surface area contributed by atoms with Gasteiger partial charge in [0.15, 0.2) is 0 Å². The van der Waals surface area contributed by atoms with E-state index in [2.05, 4.69) is 25.8 Å². The van der Waals surface area contributed by atoms with Gasteiger partial charge in [-0.3, -0.25) is 14.5 Å². The van der Waals surface area contributed by atoms with Crippen LogP contribution >= 0.6 is 0 Å². The Hall–Kier alpha value is -3.60. The van der Waals surface area contributed by atoms with Crippen LogP contribution in [0.15, 0.2) is 42.7 Å². The van der Waals surface area contributed by atoms with E-state index in [-0.39, 0.29) is 11.7 Å². The highest BCUT2D eigenvalue weighted by molar-refractivity contribution is 5.99. The third-order valence-corrected chi connectivity index (χ3v) is 5.56. The highest BCUT2D eigenvalue weighted by atomic mass is 19.1. The van der Waals surface area contributed by atoms with Gasteiger partial charge in [-0.2, -0.15) is 5.10 Å². The zero-order valence-corrected chi connectivity index (χ0v) is 17.3. The second-order valence-corrected chi connectivity index (χ2v) is 8.09. The fourth-order valence-corrected chi connectivity index (χ4v) is 3.89. The number of fused-ring (bicyclic) bond motifs is 1. The molecule has 2 aromatic heterocycles. The van der Waals surface area contributed by atoms with Crippen molar-refractivity contribution in [2.75, 3.05) is 18.4 Å². The number of carbonyl (C=O) groups excluding carboxylic acids is 2. The van der Waals surface area contributed by atoms with Crippen molar-refractivity contribution in [1.82, 2.24) is 34.8 Å².